The number of ether oxygens (including phenoxy) is 1. The molecule has 2 saturated heterocycles. The van der Waals surface area contributed by atoms with E-state index in [1.165, 1.54) is 6.07 Å². The van der Waals surface area contributed by atoms with Gasteiger partial charge in [0, 0.05) is 31.7 Å². The number of hydrogen-bond acceptors (Lipinski definition) is 4. The molecule has 134 valence electrons. The molecule has 0 saturated carbocycles. The Morgan fingerprint density at radius 1 is 1.44 bits per heavy atom. The molecule has 3 heterocycles. The normalized spacial score (nSPS) is 27.0. The van der Waals surface area contributed by atoms with Crippen molar-refractivity contribution in [3.63, 3.8) is 0 Å². The zero-order valence-corrected chi connectivity index (χ0v) is 14.6. The quantitative estimate of drug-likeness (QED) is 0.926. The van der Waals surface area contributed by atoms with E-state index in [4.69, 9.17) is 4.74 Å². The van der Waals surface area contributed by atoms with Gasteiger partial charge in [-0.1, -0.05) is 6.07 Å². The molecule has 0 amide bonds. The zero-order chi connectivity index (χ0) is 17.3. The number of likely N-dealkylation sites (tertiary alicyclic amines) is 1. The van der Waals surface area contributed by atoms with E-state index in [-0.39, 0.29) is 17.5 Å². The van der Waals surface area contributed by atoms with Gasteiger partial charge in [0.05, 0.1) is 24.8 Å². The third-order valence-electron chi connectivity index (χ3n) is 5.31. The fourth-order valence-electron chi connectivity index (χ4n) is 4.11. The summed E-state index contributed by atoms with van der Waals surface area (Å²) in [6, 6.07) is 6.88. The minimum Gasteiger partial charge on any atom is -0.380 e. The fraction of sp³-hybridized carbons (Fsp3) is 0.526. The van der Waals surface area contributed by atoms with E-state index >= 15 is 0 Å². The Labute approximate surface area is 147 Å². The summed E-state index contributed by atoms with van der Waals surface area (Å²) in [4.78, 5) is 6.88. The van der Waals surface area contributed by atoms with Crippen molar-refractivity contribution in [1.82, 2.24) is 14.5 Å². The predicted molar refractivity (Wildman–Crippen MR) is 94.8 cm³/mol. The van der Waals surface area contributed by atoms with Gasteiger partial charge in [-0.3, -0.25) is 4.90 Å². The van der Waals surface area contributed by atoms with Gasteiger partial charge in [0.15, 0.2) is 0 Å². The van der Waals surface area contributed by atoms with Crippen molar-refractivity contribution in [2.75, 3.05) is 25.0 Å². The third kappa shape index (κ3) is 3.70. The number of hydrogen-bond donors (Lipinski definition) is 1. The summed E-state index contributed by atoms with van der Waals surface area (Å²) in [5.74, 6) is 0.877. The zero-order valence-electron chi connectivity index (χ0n) is 14.6. The molecule has 1 aromatic heterocycles. The Bertz CT molecular complexity index is 734. The van der Waals surface area contributed by atoms with Crippen molar-refractivity contribution < 1.29 is 9.13 Å². The SMILES string of the molecule is Cn1ccnc1CN1CCC[C@@]2(C[C@H](Nc3cccc(F)c3)CO2)C1. The number of aryl methyl sites for hydroxylation is 1. The highest BCUT2D eigenvalue weighted by Crippen LogP contribution is 2.36. The van der Waals surface area contributed by atoms with E-state index < -0.39 is 0 Å². The molecule has 5 nitrogen and oxygen atoms in total. The number of piperidine rings is 1. The van der Waals surface area contributed by atoms with Crippen molar-refractivity contribution >= 4 is 5.69 Å². The summed E-state index contributed by atoms with van der Waals surface area (Å²) in [5, 5.41) is 3.42. The van der Waals surface area contributed by atoms with E-state index in [0.29, 0.717) is 6.61 Å². The van der Waals surface area contributed by atoms with Crippen molar-refractivity contribution in [3.8, 4) is 0 Å². The average Bonchev–Trinajstić information content (AvgIpc) is 3.15. The number of benzene rings is 1. The molecule has 6 heteroatoms. The lowest BCUT2D eigenvalue weighted by Gasteiger charge is -2.39. The van der Waals surface area contributed by atoms with Crippen LogP contribution in [-0.4, -0.2) is 45.8 Å². The minimum absolute atomic E-state index is 0.0889. The fourth-order valence-corrected chi connectivity index (χ4v) is 4.11. The summed E-state index contributed by atoms with van der Waals surface area (Å²) in [5.41, 5.74) is 0.736. The Morgan fingerprint density at radius 3 is 3.16 bits per heavy atom. The maximum Gasteiger partial charge on any atom is 0.125 e. The number of nitrogens with zero attached hydrogens (tertiary/aromatic N) is 3. The molecule has 2 atom stereocenters. The number of imidazole rings is 1. The Kier molecular flexibility index (Phi) is 4.48. The van der Waals surface area contributed by atoms with Gasteiger partial charge in [0.1, 0.15) is 11.6 Å². The van der Waals surface area contributed by atoms with Gasteiger partial charge >= 0.3 is 0 Å². The van der Waals surface area contributed by atoms with E-state index in [1.807, 2.05) is 25.5 Å². The van der Waals surface area contributed by atoms with Gasteiger partial charge in [-0.25, -0.2) is 9.37 Å². The highest BCUT2D eigenvalue weighted by atomic mass is 19.1. The van der Waals surface area contributed by atoms with E-state index in [9.17, 15) is 4.39 Å². The van der Waals surface area contributed by atoms with Gasteiger partial charge in [0.25, 0.3) is 0 Å². The summed E-state index contributed by atoms with van der Waals surface area (Å²) >= 11 is 0. The molecule has 2 aliphatic rings. The molecule has 25 heavy (non-hydrogen) atoms. The summed E-state index contributed by atoms with van der Waals surface area (Å²) in [7, 11) is 2.03. The Morgan fingerprint density at radius 2 is 2.36 bits per heavy atom. The number of nitrogens with one attached hydrogen (secondary N) is 1. The summed E-state index contributed by atoms with van der Waals surface area (Å²) in [6.45, 7) is 3.55. The molecule has 0 bridgehead atoms. The first-order chi connectivity index (χ1) is 12.1. The van der Waals surface area contributed by atoms with Crippen LogP contribution in [0.15, 0.2) is 36.7 Å². The maximum absolute atomic E-state index is 13.4. The van der Waals surface area contributed by atoms with Gasteiger partial charge < -0.3 is 14.6 Å². The monoisotopic (exact) mass is 344 g/mol. The van der Waals surface area contributed by atoms with Crippen LogP contribution in [0.5, 0.6) is 0 Å². The second-order valence-corrected chi connectivity index (χ2v) is 7.32. The smallest absolute Gasteiger partial charge is 0.125 e. The molecule has 1 N–H and O–H groups in total. The molecule has 1 spiro atoms. The van der Waals surface area contributed by atoms with Crippen LogP contribution in [0.3, 0.4) is 0 Å². The highest BCUT2D eigenvalue weighted by molar-refractivity contribution is 5.44. The molecular formula is C19H25FN4O. The number of anilines is 1. The minimum atomic E-state index is -0.211. The molecule has 0 aliphatic carbocycles. The van der Waals surface area contributed by atoms with Crippen LogP contribution in [0.25, 0.3) is 0 Å². The second kappa shape index (κ2) is 6.77. The van der Waals surface area contributed by atoms with E-state index in [2.05, 4.69) is 19.8 Å². The van der Waals surface area contributed by atoms with E-state index in [1.54, 1.807) is 12.1 Å². The van der Waals surface area contributed by atoms with Crippen molar-refractivity contribution in [2.24, 2.45) is 7.05 Å². The van der Waals surface area contributed by atoms with Crippen LogP contribution < -0.4 is 5.32 Å². The van der Waals surface area contributed by atoms with Crippen LogP contribution in [0.1, 0.15) is 25.1 Å². The molecule has 2 aliphatic heterocycles. The van der Waals surface area contributed by atoms with Crippen molar-refractivity contribution in [1.29, 1.82) is 0 Å². The lowest BCUT2D eigenvalue weighted by Crippen LogP contribution is -2.48. The molecular weight excluding hydrogens is 319 g/mol. The largest absolute Gasteiger partial charge is 0.380 e. The molecule has 0 radical (unpaired) electrons. The van der Waals surface area contributed by atoms with Crippen LogP contribution in [0.2, 0.25) is 0 Å². The number of halogens is 1. The lowest BCUT2D eigenvalue weighted by molar-refractivity contribution is -0.0539. The summed E-state index contributed by atoms with van der Waals surface area (Å²) < 4.78 is 21.7. The second-order valence-electron chi connectivity index (χ2n) is 7.32. The Balaban J connectivity index is 1.38. The van der Waals surface area contributed by atoms with Crippen molar-refractivity contribution in [2.45, 2.75) is 37.5 Å². The number of rotatable bonds is 4. The van der Waals surface area contributed by atoms with Gasteiger partial charge in [-0.2, -0.15) is 0 Å². The molecule has 4 rings (SSSR count). The van der Waals surface area contributed by atoms with Crippen LogP contribution >= 0.6 is 0 Å². The first-order valence-electron chi connectivity index (χ1n) is 8.97. The standard InChI is InChI=1S/C19H25FN4O/c1-23-9-7-21-18(23)12-24-8-3-6-19(14-24)11-17(13-25-19)22-16-5-2-4-15(20)10-16/h2,4-5,7,9-10,17,22H,3,6,8,11-14H2,1H3/t17-,19+/m0/s1. The first kappa shape index (κ1) is 16.5. The Hall–Kier alpha value is -1.92. The third-order valence-corrected chi connectivity index (χ3v) is 5.31. The van der Waals surface area contributed by atoms with Crippen LogP contribution in [0.4, 0.5) is 10.1 Å². The molecule has 0 unspecified atom stereocenters. The van der Waals surface area contributed by atoms with E-state index in [0.717, 1.165) is 50.4 Å². The average molecular weight is 344 g/mol. The molecule has 1 aromatic carbocycles. The topological polar surface area (TPSA) is 42.3 Å². The van der Waals surface area contributed by atoms with Crippen LogP contribution in [-0.2, 0) is 18.3 Å². The number of aromatic nitrogens is 2. The van der Waals surface area contributed by atoms with Gasteiger partial charge in [-0.15, -0.1) is 0 Å². The molecule has 2 aromatic rings. The maximum atomic E-state index is 13.4. The predicted octanol–water partition coefficient (Wildman–Crippen LogP) is 2.79. The van der Waals surface area contributed by atoms with Crippen LogP contribution in [0, 0.1) is 5.82 Å². The lowest BCUT2D eigenvalue weighted by atomic mass is 9.88. The summed E-state index contributed by atoms with van der Waals surface area (Å²) in [6.07, 6.45) is 7.02. The molecule has 2 fully saturated rings. The van der Waals surface area contributed by atoms with Crippen molar-refractivity contribution in [3.05, 3.63) is 48.3 Å². The van der Waals surface area contributed by atoms with Gasteiger partial charge in [-0.05, 0) is 44.0 Å². The first-order valence-corrected chi connectivity index (χ1v) is 8.97. The highest BCUT2D eigenvalue weighted by Gasteiger charge is 2.43. The van der Waals surface area contributed by atoms with Gasteiger partial charge in [0.2, 0.25) is 0 Å².